The number of aryl methyl sites for hydroxylation is 2. The fourth-order valence-electron chi connectivity index (χ4n) is 1.45. The van der Waals surface area contributed by atoms with Crippen LogP contribution >= 0.6 is 0 Å². The topological polar surface area (TPSA) is 55.1 Å². The minimum absolute atomic E-state index is 0.149. The Morgan fingerprint density at radius 1 is 1.40 bits per heavy atom. The number of rotatable bonds is 4. The highest BCUT2D eigenvalue weighted by Crippen LogP contribution is 2.19. The summed E-state index contributed by atoms with van der Waals surface area (Å²) in [5, 5.41) is 3.26. The Morgan fingerprint density at radius 2 is 1.93 bits per heavy atom. The van der Waals surface area contributed by atoms with E-state index in [1.165, 1.54) is 11.1 Å². The second-order valence-electron chi connectivity index (χ2n) is 3.95. The SMILES string of the molecule is Cc1cccc(C)c1NCC(C)C(N)=O. The predicted octanol–water partition coefficient (Wildman–Crippen LogP) is 1.84. The van der Waals surface area contributed by atoms with E-state index in [0.717, 1.165) is 5.69 Å². The number of hydrogen-bond donors (Lipinski definition) is 2. The van der Waals surface area contributed by atoms with Crippen LogP contribution in [0, 0.1) is 19.8 Å². The van der Waals surface area contributed by atoms with Gasteiger partial charge in [-0.2, -0.15) is 0 Å². The van der Waals surface area contributed by atoms with Crippen LogP contribution in [0.25, 0.3) is 0 Å². The molecule has 15 heavy (non-hydrogen) atoms. The maximum absolute atomic E-state index is 10.9. The first kappa shape index (κ1) is 11.6. The van der Waals surface area contributed by atoms with Crippen molar-refractivity contribution in [3.8, 4) is 0 Å². The quantitative estimate of drug-likeness (QED) is 0.789. The molecule has 3 nitrogen and oxygen atoms in total. The van der Waals surface area contributed by atoms with Crippen molar-refractivity contribution in [2.75, 3.05) is 11.9 Å². The van der Waals surface area contributed by atoms with Crippen molar-refractivity contribution in [2.24, 2.45) is 11.7 Å². The van der Waals surface area contributed by atoms with Gasteiger partial charge in [0.25, 0.3) is 0 Å². The molecule has 0 aliphatic rings. The molecule has 0 aromatic heterocycles. The predicted molar refractivity (Wildman–Crippen MR) is 62.8 cm³/mol. The fourth-order valence-corrected chi connectivity index (χ4v) is 1.45. The van der Waals surface area contributed by atoms with Crippen molar-refractivity contribution in [1.29, 1.82) is 0 Å². The highest BCUT2D eigenvalue weighted by atomic mass is 16.1. The van der Waals surface area contributed by atoms with Crippen LogP contribution in [0.3, 0.4) is 0 Å². The lowest BCUT2D eigenvalue weighted by Gasteiger charge is -2.14. The van der Waals surface area contributed by atoms with Crippen LogP contribution in [-0.4, -0.2) is 12.5 Å². The van der Waals surface area contributed by atoms with E-state index in [1.54, 1.807) is 0 Å². The number of benzene rings is 1. The van der Waals surface area contributed by atoms with E-state index >= 15 is 0 Å². The second-order valence-corrected chi connectivity index (χ2v) is 3.95. The van der Waals surface area contributed by atoms with E-state index in [1.807, 2.05) is 39.0 Å². The van der Waals surface area contributed by atoms with Crippen molar-refractivity contribution in [1.82, 2.24) is 0 Å². The molecule has 0 spiro atoms. The first-order valence-corrected chi connectivity index (χ1v) is 5.11. The maximum atomic E-state index is 10.9. The average molecular weight is 206 g/mol. The van der Waals surface area contributed by atoms with Crippen molar-refractivity contribution < 1.29 is 4.79 Å². The van der Waals surface area contributed by atoms with Crippen LogP contribution in [0.15, 0.2) is 18.2 Å². The maximum Gasteiger partial charge on any atom is 0.222 e. The Bertz CT molecular complexity index is 340. The van der Waals surface area contributed by atoms with Gasteiger partial charge < -0.3 is 11.1 Å². The number of nitrogens with one attached hydrogen (secondary N) is 1. The minimum Gasteiger partial charge on any atom is -0.384 e. The average Bonchev–Trinajstić information content (AvgIpc) is 2.16. The number of nitrogens with two attached hydrogens (primary N) is 1. The van der Waals surface area contributed by atoms with E-state index in [9.17, 15) is 4.79 Å². The summed E-state index contributed by atoms with van der Waals surface area (Å²) in [7, 11) is 0. The Balaban J connectivity index is 2.69. The van der Waals surface area contributed by atoms with E-state index in [4.69, 9.17) is 5.73 Å². The normalized spacial score (nSPS) is 12.2. The monoisotopic (exact) mass is 206 g/mol. The molecule has 0 aliphatic carbocycles. The van der Waals surface area contributed by atoms with Crippen LogP contribution in [0.5, 0.6) is 0 Å². The number of para-hydroxylation sites is 1. The smallest absolute Gasteiger partial charge is 0.222 e. The summed E-state index contributed by atoms with van der Waals surface area (Å²) in [6, 6.07) is 6.11. The highest BCUT2D eigenvalue weighted by molar-refractivity contribution is 5.77. The lowest BCUT2D eigenvalue weighted by molar-refractivity contribution is -0.120. The molecular weight excluding hydrogens is 188 g/mol. The molecule has 1 amide bonds. The number of amides is 1. The number of primary amides is 1. The first-order chi connectivity index (χ1) is 7.02. The Kier molecular flexibility index (Phi) is 3.72. The standard InChI is InChI=1S/C12H18N2O/c1-8-5-4-6-9(2)11(8)14-7-10(3)12(13)15/h4-6,10,14H,7H2,1-3H3,(H2,13,15). The van der Waals surface area contributed by atoms with Gasteiger partial charge in [0.15, 0.2) is 0 Å². The summed E-state index contributed by atoms with van der Waals surface area (Å²) in [5.74, 6) is -0.419. The zero-order valence-electron chi connectivity index (χ0n) is 9.50. The molecule has 0 radical (unpaired) electrons. The van der Waals surface area contributed by atoms with Crippen LogP contribution in [0.1, 0.15) is 18.1 Å². The van der Waals surface area contributed by atoms with Gasteiger partial charge in [-0.05, 0) is 25.0 Å². The summed E-state index contributed by atoms with van der Waals surface area (Å²) in [6.07, 6.45) is 0. The third-order valence-electron chi connectivity index (χ3n) is 2.55. The van der Waals surface area contributed by atoms with E-state index in [2.05, 4.69) is 5.32 Å². The molecule has 1 unspecified atom stereocenters. The zero-order valence-corrected chi connectivity index (χ0v) is 9.50. The van der Waals surface area contributed by atoms with Crippen molar-refractivity contribution in [2.45, 2.75) is 20.8 Å². The second kappa shape index (κ2) is 4.82. The van der Waals surface area contributed by atoms with Crippen LogP contribution in [0.2, 0.25) is 0 Å². The molecule has 1 rings (SSSR count). The summed E-state index contributed by atoms with van der Waals surface area (Å²) in [6.45, 7) is 6.50. The lowest BCUT2D eigenvalue weighted by atomic mass is 10.1. The van der Waals surface area contributed by atoms with Gasteiger partial charge >= 0.3 is 0 Å². The zero-order chi connectivity index (χ0) is 11.4. The molecule has 0 bridgehead atoms. The molecule has 0 fully saturated rings. The molecule has 0 saturated carbocycles. The van der Waals surface area contributed by atoms with Gasteiger partial charge in [-0.25, -0.2) is 0 Å². The summed E-state index contributed by atoms with van der Waals surface area (Å²) >= 11 is 0. The number of carbonyl (C=O) groups is 1. The van der Waals surface area contributed by atoms with Crippen LogP contribution in [-0.2, 0) is 4.79 Å². The fraction of sp³-hybridized carbons (Fsp3) is 0.417. The molecule has 0 heterocycles. The molecular formula is C12H18N2O. The van der Waals surface area contributed by atoms with Crippen molar-refractivity contribution in [3.05, 3.63) is 29.3 Å². The molecule has 3 heteroatoms. The molecule has 82 valence electrons. The van der Waals surface area contributed by atoms with Crippen molar-refractivity contribution >= 4 is 11.6 Å². The molecule has 1 aromatic rings. The van der Waals surface area contributed by atoms with Gasteiger partial charge in [0.1, 0.15) is 0 Å². The molecule has 3 N–H and O–H groups in total. The summed E-state index contributed by atoms with van der Waals surface area (Å²) in [4.78, 5) is 10.9. The number of anilines is 1. The molecule has 1 aromatic carbocycles. The number of carbonyl (C=O) groups excluding carboxylic acids is 1. The van der Waals surface area contributed by atoms with Gasteiger partial charge in [-0.1, -0.05) is 25.1 Å². The minimum atomic E-state index is -0.270. The highest BCUT2D eigenvalue weighted by Gasteiger charge is 2.09. The number of hydrogen-bond acceptors (Lipinski definition) is 2. The van der Waals surface area contributed by atoms with Gasteiger partial charge in [-0.15, -0.1) is 0 Å². The Morgan fingerprint density at radius 3 is 2.40 bits per heavy atom. The van der Waals surface area contributed by atoms with Crippen molar-refractivity contribution in [3.63, 3.8) is 0 Å². The third kappa shape index (κ3) is 2.98. The van der Waals surface area contributed by atoms with Gasteiger partial charge in [0.05, 0.1) is 5.92 Å². The largest absolute Gasteiger partial charge is 0.384 e. The van der Waals surface area contributed by atoms with Crippen LogP contribution < -0.4 is 11.1 Å². The third-order valence-corrected chi connectivity index (χ3v) is 2.55. The molecule has 1 atom stereocenters. The van der Waals surface area contributed by atoms with E-state index in [0.29, 0.717) is 6.54 Å². The molecule has 0 aliphatic heterocycles. The van der Waals surface area contributed by atoms with Gasteiger partial charge in [-0.3, -0.25) is 4.79 Å². The lowest BCUT2D eigenvalue weighted by Crippen LogP contribution is -2.27. The van der Waals surface area contributed by atoms with Gasteiger partial charge in [0.2, 0.25) is 5.91 Å². The first-order valence-electron chi connectivity index (χ1n) is 5.11. The Hall–Kier alpha value is -1.51. The van der Waals surface area contributed by atoms with E-state index in [-0.39, 0.29) is 11.8 Å². The van der Waals surface area contributed by atoms with Crippen LogP contribution in [0.4, 0.5) is 5.69 Å². The summed E-state index contributed by atoms with van der Waals surface area (Å²) in [5.41, 5.74) is 8.67. The van der Waals surface area contributed by atoms with E-state index < -0.39 is 0 Å². The Labute approximate surface area is 90.7 Å². The molecule has 0 saturated heterocycles. The van der Waals surface area contributed by atoms with Gasteiger partial charge in [0, 0.05) is 12.2 Å². The summed E-state index contributed by atoms with van der Waals surface area (Å²) < 4.78 is 0.